The third-order valence-corrected chi connectivity index (χ3v) is 3.28. The van der Waals surface area contributed by atoms with E-state index in [0.29, 0.717) is 16.7 Å². The van der Waals surface area contributed by atoms with E-state index in [1.165, 1.54) is 0 Å². The van der Waals surface area contributed by atoms with E-state index in [1.54, 1.807) is 32.0 Å². The average molecular weight is 268 g/mol. The molecular weight excluding hydrogens is 257 g/mol. The quantitative estimate of drug-likeness (QED) is 0.625. The van der Waals surface area contributed by atoms with Gasteiger partial charge in [0, 0.05) is 0 Å². The van der Waals surface area contributed by atoms with E-state index >= 15 is 0 Å². The lowest BCUT2D eigenvalue weighted by molar-refractivity contribution is -0.0548. The van der Waals surface area contributed by atoms with Crippen LogP contribution in [0.5, 0.6) is 0 Å². The highest BCUT2D eigenvalue weighted by Gasteiger charge is 2.47. The van der Waals surface area contributed by atoms with Crippen LogP contribution in [0, 0.1) is 13.8 Å². The van der Waals surface area contributed by atoms with Gasteiger partial charge in [0.2, 0.25) is 0 Å². The minimum Gasteiger partial charge on any atom is -0.258 e. The summed E-state index contributed by atoms with van der Waals surface area (Å²) in [6, 6.07) is 5.07. The third-order valence-electron chi connectivity index (χ3n) is 2.29. The minimum absolute atomic E-state index is 0.445. The third kappa shape index (κ3) is 3.19. The standard InChI is InChI=1S/C10H11F3O3S/c1-7-4-3-5-8(2)9(7)6-16-17(14,15)10(11,12)13/h3-5H,6H2,1-2H3. The van der Waals surface area contributed by atoms with Crippen molar-refractivity contribution in [1.29, 1.82) is 0 Å². The van der Waals surface area contributed by atoms with Crippen LogP contribution in [0.2, 0.25) is 0 Å². The molecule has 7 heteroatoms. The van der Waals surface area contributed by atoms with Gasteiger partial charge in [-0.1, -0.05) is 18.2 Å². The second-order valence-electron chi connectivity index (χ2n) is 3.53. The summed E-state index contributed by atoms with van der Waals surface area (Å²) in [4.78, 5) is 0. The smallest absolute Gasteiger partial charge is 0.258 e. The lowest BCUT2D eigenvalue weighted by Crippen LogP contribution is -2.25. The highest BCUT2D eigenvalue weighted by atomic mass is 32.2. The molecule has 0 bridgehead atoms. The van der Waals surface area contributed by atoms with Gasteiger partial charge in [0.15, 0.2) is 0 Å². The molecule has 0 saturated carbocycles. The SMILES string of the molecule is Cc1cccc(C)c1COS(=O)(=O)C(F)(F)F. The molecule has 1 aromatic rings. The molecule has 0 N–H and O–H groups in total. The van der Waals surface area contributed by atoms with Crippen LogP contribution in [-0.2, 0) is 20.9 Å². The molecule has 0 aromatic heterocycles. The number of halogens is 3. The lowest BCUT2D eigenvalue weighted by Gasteiger charge is -2.11. The number of hydrogen-bond donors (Lipinski definition) is 0. The van der Waals surface area contributed by atoms with Crippen LogP contribution >= 0.6 is 0 Å². The van der Waals surface area contributed by atoms with Gasteiger partial charge in [-0.2, -0.15) is 21.6 Å². The van der Waals surface area contributed by atoms with Crippen molar-refractivity contribution < 1.29 is 25.8 Å². The normalized spacial score (nSPS) is 12.8. The Hall–Kier alpha value is -1.08. The summed E-state index contributed by atoms with van der Waals surface area (Å²) in [5.74, 6) is 0. The monoisotopic (exact) mass is 268 g/mol. The van der Waals surface area contributed by atoms with Gasteiger partial charge in [-0.05, 0) is 30.5 Å². The highest BCUT2D eigenvalue weighted by Crippen LogP contribution is 2.26. The van der Waals surface area contributed by atoms with Crippen LogP contribution < -0.4 is 0 Å². The fraction of sp³-hybridized carbons (Fsp3) is 0.400. The summed E-state index contributed by atoms with van der Waals surface area (Å²) in [5.41, 5.74) is -3.58. The Morgan fingerprint density at radius 1 is 1.18 bits per heavy atom. The zero-order valence-electron chi connectivity index (χ0n) is 9.21. The maximum absolute atomic E-state index is 12.0. The maximum Gasteiger partial charge on any atom is 0.523 e. The Kier molecular flexibility index (Phi) is 3.83. The molecule has 0 amide bonds. The van der Waals surface area contributed by atoms with E-state index < -0.39 is 22.2 Å². The van der Waals surface area contributed by atoms with Gasteiger partial charge in [0.25, 0.3) is 0 Å². The van der Waals surface area contributed by atoms with Crippen molar-refractivity contribution in [3.05, 3.63) is 34.9 Å². The zero-order chi connectivity index (χ0) is 13.3. The second kappa shape index (κ2) is 4.66. The molecule has 0 aliphatic heterocycles. The molecule has 0 aliphatic rings. The average Bonchev–Trinajstić information content (AvgIpc) is 2.15. The number of alkyl halides is 3. The van der Waals surface area contributed by atoms with Gasteiger partial charge in [-0.25, -0.2) is 0 Å². The predicted molar refractivity (Wildman–Crippen MR) is 55.7 cm³/mol. The summed E-state index contributed by atoms with van der Waals surface area (Å²) in [7, 11) is -5.53. The number of hydrogen-bond acceptors (Lipinski definition) is 3. The first-order chi connectivity index (χ1) is 7.65. The highest BCUT2D eigenvalue weighted by molar-refractivity contribution is 7.87. The molecule has 0 heterocycles. The van der Waals surface area contributed by atoms with Crippen LogP contribution in [-0.4, -0.2) is 13.9 Å². The summed E-state index contributed by atoms with van der Waals surface area (Å²) < 4.78 is 61.5. The van der Waals surface area contributed by atoms with Gasteiger partial charge in [-0.15, -0.1) is 0 Å². The Morgan fingerprint density at radius 2 is 1.65 bits per heavy atom. The lowest BCUT2D eigenvalue weighted by atomic mass is 10.0. The molecule has 1 aromatic carbocycles. The molecule has 0 aliphatic carbocycles. The Morgan fingerprint density at radius 3 is 2.06 bits per heavy atom. The van der Waals surface area contributed by atoms with Gasteiger partial charge < -0.3 is 0 Å². The topological polar surface area (TPSA) is 43.4 Å². The Balaban J connectivity index is 2.89. The number of rotatable bonds is 3. The van der Waals surface area contributed by atoms with E-state index in [1.807, 2.05) is 0 Å². The van der Waals surface area contributed by atoms with E-state index in [4.69, 9.17) is 0 Å². The molecule has 0 fully saturated rings. The van der Waals surface area contributed by atoms with Crippen LogP contribution in [0.15, 0.2) is 18.2 Å². The fourth-order valence-corrected chi connectivity index (χ4v) is 1.69. The molecule has 96 valence electrons. The molecule has 3 nitrogen and oxygen atoms in total. The predicted octanol–water partition coefficient (Wildman–Crippen LogP) is 2.67. The molecule has 0 unspecified atom stereocenters. The first-order valence-electron chi connectivity index (χ1n) is 4.66. The van der Waals surface area contributed by atoms with E-state index in [-0.39, 0.29) is 0 Å². The largest absolute Gasteiger partial charge is 0.523 e. The van der Waals surface area contributed by atoms with Crippen LogP contribution in [0.3, 0.4) is 0 Å². The Bertz CT molecular complexity index is 486. The first kappa shape index (κ1) is 14.0. The minimum atomic E-state index is -5.53. The van der Waals surface area contributed by atoms with Gasteiger partial charge in [0.1, 0.15) is 0 Å². The molecule has 0 radical (unpaired) electrons. The maximum atomic E-state index is 12.0. The van der Waals surface area contributed by atoms with Crippen LogP contribution in [0.25, 0.3) is 0 Å². The molecule has 0 saturated heterocycles. The van der Waals surface area contributed by atoms with Gasteiger partial charge >= 0.3 is 15.6 Å². The first-order valence-corrected chi connectivity index (χ1v) is 6.07. The van der Waals surface area contributed by atoms with Crippen molar-refractivity contribution in [1.82, 2.24) is 0 Å². The van der Waals surface area contributed by atoms with Crippen molar-refractivity contribution >= 4 is 10.1 Å². The number of benzene rings is 1. The second-order valence-corrected chi connectivity index (χ2v) is 5.14. The van der Waals surface area contributed by atoms with Crippen molar-refractivity contribution in [2.24, 2.45) is 0 Å². The molecule has 1 rings (SSSR count). The molecule has 0 atom stereocenters. The molecule has 17 heavy (non-hydrogen) atoms. The van der Waals surface area contributed by atoms with E-state index in [0.717, 1.165) is 0 Å². The molecule has 0 spiro atoms. The van der Waals surface area contributed by atoms with Crippen LogP contribution in [0.4, 0.5) is 13.2 Å². The van der Waals surface area contributed by atoms with E-state index in [9.17, 15) is 21.6 Å². The Labute approximate surface area is 97.3 Å². The summed E-state index contributed by atoms with van der Waals surface area (Å²) >= 11 is 0. The van der Waals surface area contributed by atoms with Crippen molar-refractivity contribution in [3.8, 4) is 0 Å². The fourth-order valence-electron chi connectivity index (χ4n) is 1.28. The van der Waals surface area contributed by atoms with Gasteiger partial charge in [-0.3, -0.25) is 4.18 Å². The molecular formula is C10H11F3O3S. The van der Waals surface area contributed by atoms with E-state index in [2.05, 4.69) is 4.18 Å². The number of aryl methyl sites for hydroxylation is 2. The summed E-state index contributed by atoms with van der Waals surface area (Å²) in [6.07, 6.45) is 0. The summed E-state index contributed by atoms with van der Waals surface area (Å²) in [6.45, 7) is 2.73. The van der Waals surface area contributed by atoms with Crippen molar-refractivity contribution in [3.63, 3.8) is 0 Å². The van der Waals surface area contributed by atoms with Gasteiger partial charge in [0.05, 0.1) is 6.61 Å². The zero-order valence-corrected chi connectivity index (χ0v) is 10.0. The van der Waals surface area contributed by atoms with Crippen molar-refractivity contribution in [2.75, 3.05) is 0 Å². The van der Waals surface area contributed by atoms with Crippen molar-refractivity contribution in [2.45, 2.75) is 26.0 Å². The van der Waals surface area contributed by atoms with Crippen LogP contribution in [0.1, 0.15) is 16.7 Å². The summed E-state index contributed by atoms with van der Waals surface area (Å²) in [5, 5.41) is 0.